The summed E-state index contributed by atoms with van der Waals surface area (Å²) in [5.41, 5.74) is -20.0. The minimum Gasteiger partial charge on any atom is -0.224 e. The van der Waals surface area contributed by atoms with Gasteiger partial charge in [0.15, 0.2) is 8.23 Å². The Labute approximate surface area is 199 Å². The van der Waals surface area contributed by atoms with Crippen LogP contribution in [0, 0.1) is 10.8 Å². The monoisotopic (exact) mass is 688 g/mol. The molecular weight excluding hydrogens is 688 g/mol. The molecule has 0 N–H and O–H groups in total. The van der Waals surface area contributed by atoms with Crippen LogP contribution in [-0.4, -0.2) is 60.2 Å². The molecule has 0 radical (unpaired) electrons. The second-order valence-corrected chi connectivity index (χ2v) is 8.80. The molecule has 0 fully saturated rings. The van der Waals surface area contributed by atoms with Crippen molar-refractivity contribution in [2.75, 3.05) is 0 Å². The molecule has 0 aromatic carbocycles. The van der Waals surface area contributed by atoms with Crippen LogP contribution in [-0.2, 0) is 0 Å². The summed E-state index contributed by atoms with van der Waals surface area (Å²) < 4.78 is 358. The average molecular weight is 688 g/mol. The molecule has 0 aliphatic heterocycles. The van der Waals surface area contributed by atoms with Crippen LogP contribution in [0.4, 0.5) is 118 Å². The first-order valence-corrected chi connectivity index (χ1v) is 9.26. The van der Waals surface area contributed by atoms with Gasteiger partial charge in [0.25, 0.3) is 10.8 Å². The molecular formula is C12F27P. The van der Waals surface area contributed by atoms with Gasteiger partial charge < -0.3 is 0 Å². The highest BCUT2D eigenvalue weighted by atomic mass is 31.2. The SMILES string of the molecule is FP(C(F)(C(F)(F)F)C(C(F)(F)F)(C(F)(F)F)C(F)(F)F)C(F)(C(F)(F)F)C(C(F)(F)F)(C(F)(F)F)C(F)(F)F. The summed E-state index contributed by atoms with van der Waals surface area (Å²) in [7, 11) is -10.0. The normalized spacial score (nSPS) is 20.2. The highest BCUT2D eigenvalue weighted by Crippen LogP contribution is 2.87. The van der Waals surface area contributed by atoms with Crippen molar-refractivity contribution in [1.29, 1.82) is 0 Å². The zero-order valence-electron chi connectivity index (χ0n) is 16.7. The number of halogens is 27. The zero-order valence-corrected chi connectivity index (χ0v) is 17.5. The summed E-state index contributed by atoms with van der Waals surface area (Å²) >= 11 is 0. The van der Waals surface area contributed by atoms with Gasteiger partial charge in [-0.05, 0) is 0 Å². The number of alkyl halides is 26. The fourth-order valence-electron chi connectivity index (χ4n) is 3.25. The van der Waals surface area contributed by atoms with Crippen molar-refractivity contribution < 1.29 is 118 Å². The van der Waals surface area contributed by atoms with E-state index in [0.717, 1.165) is 0 Å². The molecule has 0 aliphatic rings. The second-order valence-electron chi connectivity index (χ2n) is 7.01. The van der Waals surface area contributed by atoms with Crippen molar-refractivity contribution in [2.45, 2.75) is 60.2 Å². The minimum absolute atomic E-state index is 9.38. The number of hydrogen-bond donors (Lipinski definition) is 0. The van der Waals surface area contributed by atoms with E-state index in [4.69, 9.17) is 0 Å². The highest BCUT2D eigenvalue weighted by Gasteiger charge is 3.06. The fraction of sp³-hybridized carbons (Fsp3) is 1.00. The molecule has 0 aromatic heterocycles. The first kappa shape index (κ1) is 38.5. The topological polar surface area (TPSA) is 0 Å². The third-order valence-electron chi connectivity index (χ3n) is 4.84. The van der Waals surface area contributed by atoms with Gasteiger partial charge in [0.2, 0.25) is 0 Å². The van der Waals surface area contributed by atoms with E-state index >= 15 is 0 Å². The minimum atomic E-state index is -10.1. The van der Waals surface area contributed by atoms with Crippen molar-refractivity contribution in [3.8, 4) is 0 Å². The summed E-state index contributed by atoms with van der Waals surface area (Å²) in [5.74, 6) is 0. The third-order valence-corrected chi connectivity index (χ3v) is 7.10. The Balaban J connectivity index is 9.17. The van der Waals surface area contributed by atoms with Gasteiger partial charge in [-0.1, -0.05) is 0 Å². The van der Waals surface area contributed by atoms with E-state index in [0.29, 0.717) is 0 Å². The van der Waals surface area contributed by atoms with Crippen LogP contribution < -0.4 is 0 Å². The van der Waals surface area contributed by atoms with Gasteiger partial charge in [0.05, 0.1) is 0 Å². The molecule has 0 rings (SSSR count). The van der Waals surface area contributed by atoms with Crippen LogP contribution in [0.5, 0.6) is 0 Å². The molecule has 0 saturated heterocycles. The molecule has 28 heteroatoms. The van der Waals surface area contributed by atoms with E-state index in [1.54, 1.807) is 0 Å². The van der Waals surface area contributed by atoms with Gasteiger partial charge >= 0.3 is 60.2 Å². The maximum absolute atomic E-state index is 14.7. The maximum atomic E-state index is 14.7. The van der Waals surface area contributed by atoms with E-state index in [-0.39, 0.29) is 0 Å². The molecule has 0 heterocycles. The van der Waals surface area contributed by atoms with Gasteiger partial charge in [-0.15, -0.1) is 0 Å². The summed E-state index contributed by atoms with van der Waals surface area (Å²) in [6, 6.07) is 0. The number of hydrogen-bond acceptors (Lipinski definition) is 0. The fourth-order valence-corrected chi connectivity index (χ4v) is 5.47. The smallest absolute Gasteiger partial charge is 0.224 e. The molecule has 0 nitrogen and oxygen atoms in total. The molecule has 242 valence electrons. The Hall–Kier alpha value is -1.46. The maximum Gasteiger partial charge on any atom is 0.430 e. The van der Waals surface area contributed by atoms with Gasteiger partial charge in [-0.2, -0.15) is 105 Å². The molecule has 0 aromatic rings. The first-order valence-electron chi connectivity index (χ1n) is 8.03. The standard InChI is InChI=1S/C12F27P/c13-3(11(33,34)35,1(5(15,16)17,6(18,19)20)7(21,22)23)40(39)4(14,12(36,37)38)2(8(24,25)26,9(27,28)29)10(30,31)32. The van der Waals surface area contributed by atoms with Crippen molar-refractivity contribution in [1.82, 2.24) is 0 Å². The molecule has 0 spiro atoms. The molecule has 2 unspecified atom stereocenters. The van der Waals surface area contributed by atoms with E-state index in [1.165, 1.54) is 0 Å². The van der Waals surface area contributed by atoms with Crippen molar-refractivity contribution in [3.05, 3.63) is 0 Å². The lowest BCUT2D eigenvalue weighted by Gasteiger charge is -2.54. The molecule has 0 bridgehead atoms. The van der Waals surface area contributed by atoms with E-state index < -0.39 is 79.3 Å². The Morgan fingerprint density at radius 1 is 0.225 bits per heavy atom. The van der Waals surface area contributed by atoms with E-state index in [2.05, 4.69) is 0 Å². The summed E-state index contributed by atoms with van der Waals surface area (Å²) in [6.45, 7) is 0. The molecule has 0 amide bonds. The molecule has 0 saturated carbocycles. The van der Waals surface area contributed by atoms with Gasteiger partial charge in [-0.3, -0.25) is 0 Å². The Bertz CT molecular complexity index is 750. The summed E-state index contributed by atoms with van der Waals surface area (Å²) in [5, 5.41) is -20.2. The molecule has 2 atom stereocenters. The summed E-state index contributed by atoms with van der Waals surface area (Å²) in [6.07, 6.45) is -75.2. The van der Waals surface area contributed by atoms with E-state index in [1.807, 2.05) is 0 Å². The molecule has 40 heavy (non-hydrogen) atoms. The quantitative estimate of drug-likeness (QED) is 0.204. The lowest BCUT2D eigenvalue weighted by atomic mass is 9.78. The van der Waals surface area contributed by atoms with Crippen LogP contribution >= 0.6 is 8.23 Å². The van der Waals surface area contributed by atoms with Crippen LogP contribution in [0.15, 0.2) is 0 Å². The summed E-state index contributed by atoms with van der Waals surface area (Å²) in [4.78, 5) is 0. The first-order chi connectivity index (χ1) is 16.7. The van der Waals surface area contributed by atoms with Gasteiger partial charge in [-0.25, -0.2) is 13.0 Å². The largest absolute Gasteiger partial charge is 0.430 e. The van der Waals surface area contributed by atoms with Crippen LogP contribution in [0.25, 0.3) is 0 Å². The average Bonchev–Trinajstić information content (AvgIpc) is 2.50. The zero-order chi connectivity index (χ0) is 33.6. The predicted molar refractivity (Wildman–Crippen MR) is 69.0 cm³/mol. The third kappa shape index (κ3) is 4.57. The van der Waals surface area contributed by atoms with Crippen LogP contribution in [0.1, 0.15) is 0 Å². The van der Waals surface area contributed by atoms with Crippen molar-refractivity contribution in [2.24, 2.45) is 10.8 Å². The molecule has 0 aliphatic carbocycles. The second kappa shape index (κ2) is 9.27. The Morgan fingerprint density at radius 2 is 0.350 bits per heavy atom. The predicted octanol–water partition coefficient (Wildman–Crippen LogP) is 10.2. The lowest BCUT2D eigenvalue weighted by molar-refractivity contribution is -0.478. The van der Waals surface area contributed by atoms with Crippen LogP contribution in [0.3, 0.4) is 0 Å². The van der Waals surface area contributed by atoms with Gasteiger partial charge in [0.1, 0.15) is 0 Å². The van der Waals surface area contributed by atoms with Crippen molar-refractivity contribution >= 4 is 8.23 Å². The number of rotatable bonds is 4. The lowest BCUT2D eigenvalue weighted by Crippen LogP contribution is -2.78. The highest BCUT2D eigenvalue weighted by molar-refractivity contribution is 7.55. The Morgan fingerprint density at radius 3 is 0.425 bits per heavy atom. The Kier molecular flexibility index (Phi) is 8.93. The van der Waals surface area contributed by atoms with Crippen LogP contribution in [0.2, 0.25) is 0 Å². The van der Waals surface area contributed by atoms with Gasteiger partial charge in [0, 0.05) is 0 Å². The van der Waals surface area contributed by atoms with Crippen molar-refractivity contribution in [3.63, 3.8) is 0 Å². The van der Waals surface area contributed by atoms with E-state index in [9.17, 15) is 118 Å².